The molecule has 2 heteroatoms. The number of nitrogens with zero attached hydrogens (tertiary/aromatic N) is 1. The molecule has 17 heavy (non-hydrogen) atoms. The van der Waals surface area contributed by atoms with Crippen LogP contribution in [-0.4, -0.2) is 23.5 Å². The van der Waals surface area contributed by atoms with Gasteiger partial charge in [0.25, 0.3) is 0 Å². The van der Waals surface area contributed by atoms with E-state index in [1.54, 1.807) is 0 Å². The van der Waals surface area contributed by atoms with Gasteiger partial charge in [0.2, 0.25) is 0 Å². The smallest absolute Gasteiger partial charge is 0.0175 e. The number of piperidine rings is 1. The Morgan fingerprint density at radius 3 is 2.41 bits per heavy atom. The van der Waals surface area contributed by atoms with Crippen LogP contribution in [-0.2, 0) is 0 Å². The Kier molecular flexibility index (Phi) is 3.94. The average Bonchev–Trinajstić information content (AvgIpc) is 2.29. The third-order valence-electron chi connectivity index (χ3n) is 3.71. The Labute approximate surface area is 113 Å². The lowest BCUT2D eigenvalue weighted by Gasteiger charge is -2.41. The first-order valence-corrected chi connectivity index (χ1v) is 7.26. The minimum Gasteiger partial charge on any atom is -0.298 e. The summed E-state index contributed by atoms with van der Waals surface area (Å²) >= 11 is 3.50. The van der Waals surface area contributed by atoms with E-state index in [0.29, 0.717) is 11.5 Å². The topological polar surface area (TPSA) is 3.24 Å². The Bertz CT molecular complexity index is 364. The molecule has 0 aliphatic carbocycles. The molecule has 1 heterocycles. The van der Waals surface area contributed by atoms with E-state index >= 15 is 0 Å². The Morgan fingerprint density at radius 1 is 1.18 bits per heavy atom. The van der Waals surface area contributed by atoms with Gasteiger partial charge in [-0.3, -0.25) is 4.90 Å². The number of rotatable bonds is 1. The molecular weight excluding hydrogens is 274 g/mol. The molecule has 1 fully saturated rings. The molecular formula is C15H22BrN. The Balaban J connectivity index is 2.09. The highest BCUT2D eigenvalue weighted by atomic mass is 79.9. The third kappa shape index (κ3) is 3.32. The molecule has 0 spiro atoms. The minimum atomic E-state index is 0.300. The van der Waals surface area contributed by atoms with Crippen molar-refractivity contribution in [3.8, 4) is 0 Å². The van der Waals surface area contributed by atoms with Crippen LogP contribution in [0.5, 0.6) is 0 Å². The highest BCUT2D eigenvalue weighted by molar-refractivity contribution is 9.10. The lowest BCUT2D eigenvalue weighted by molar-refractivity contribution is 0.0986. The van der Waals surface area contributed by atoms with Crippen LogP contribution in [0.4, 0.5) is 0 Å². The second-order valence-corrected chi connectivity index (χ2v) is 6.92. The Morgan fingerprint density at radius 2 is 1.82 bits per heavy atom. The zero-order valence-electron chi connectivity index (χ0n) is 11.0. The first kappa shape index (κ1) is 13.1. The molecule has 0 radical (unpaired) electrons. The van der Waals surface area contributed by atoms with Crippen LogP contribution in [0.3, 0.4) is 0 Å². The van der Waals surface area contributed by atoms with Gasteiger partial charge in [0, 0.05) is 16.6 Å². The second-order valence-electron chi connectivity index (χ2n) is 6.01. The lowest BCUT2D eigenvalue weighted by atomic mass is 9.88. The molecule has 1 unspecified atom stereocenters. The highest BCUT2D eigenvalue weighted by Crippen LogP contribution is 2.31. The summed E-state index contributed by atoms with van der Waals surface area (Å²) in [6, 6.07) is 8.85. The van der Waals surface area contributed by atoms with Crippen molar-refractivity contribution in [3.63, 3.8) is 0 Å². The summed E-state index contributed by atoms with van der Waals surface area (Å²) in [6.07, 6.45) is 2.65. The largest absolute Gasteiger partial charge is 0.298 e. The van der Waals surface area contributed by atoms with Crippen molar-refractivity contribution in [3.05, 3.63) is 34.3 Å². The van der Waals surface area contributed by atoms with Gasteiger partial charge in [-0.1, -0.05) is 28.1 Å². The first-order chi connectivity index (χ1) is 7.97. The number of hydrogen-bond donors (Lipinski definition) is 0. The van der Waals surface area contributed by atoms with Crippen LogP contribution in [0.15, 0.2) is 28.7 Å². The average molecular weight is 296 g/mol. The number of hydrogen-bond acceptors (Lipinski definition) is 1. The van der Waals surface area contributed by atoms with Gasteiger partial charge in [0.05, 0.1) is 0 Å². The van der Waals surface area contributed by atoms with E-state index in [2.05, 4.69) is 65.9 Å². The molecule has 1 atom stereocenters. The molecule has 0 saturated carbocycles. The van der Waals surface area contributed by atoms with Crippen molar-refractivity contribution < 1.29 is 0 Å². The van der Waals surface area contributed by atoms with E-state index in [0.717, 1.165) is 0 Å². The van der Waals surface area contributed by atoms with Crippen molar-refractivity contribution in [2.24, 2.45) is 0 Å². The lowest BCUT2D eigenvalue weighted by Crippen LogP contribution is -2.46. The fraction of sp³-hybridized carbons (Fsp3) is 0.600. The number of benzene rings is 1. The van der Waals surface area contributed by atoms with Gasteiger partial charge in [0.15, 0.2) is 0 Å². The molecule has 1 saturated heterocycles. The van der Waals surface area contributed by atoms with Crippen LogP contribution in [0.2, 0.25) is 0 Å². The highest BCUT2D eigenvalue weighted by Gasteiger charge is 2.28. The molecule has 1 aliphatic rings. The van der Waals surface area contributed by atoms with Crippen LogP contribution in [0, 0.1) is 0 Å². The molecule has 0 bridgehead atoms. The van der Waals surface area contributed by atoms with Gasteiger partial charge in [-0.2, -0.15) is 0 Å². The van der Waals surface area contributed by atoms with Gasteiger partial charge >= 0.3 is 0 Å². The molecule has 0 amide bonds. The standard InChI is InChI=1S/C15H22BrN/c1-15(2,3)17-10-4-5-13(11-17)12-6-8-14(16)9-7-12/h6-9,13H,4-5,10-11H2,1-3H3. The predicted octanol–water partition coefficient (Wildman–Crippen LogP) is 4.43. The summed E-state index contributed by atoms with van der Waals surface area (Å²) in [5, 5.41) is 0. The van der Waals surface area contributed by atoms with Crippen LogP contribution in [0.25, 0.3) is 0 Å². The quantitative estimate of drug-likeness (QED) is 0.741. The SMILES string of the molecule is CC(C)(C)N1CCCC(c2ccc(Br)cc2)C1. The van der Waals surface area contributed by atoms with Crippen LogP contribution in [0.1, 0.15) is 45.1 Å². The number of halogens is 1. The molecule has 0 aromatic heterocycles. The fourth-order valence-corrected chi connectivity index (χ4v) is 2.86. The molecule has 1 aromatic carbocycles. The summed E-state index contributed by atoms with van der Waals surface area (Å²) in [4.78, 5) is 2.61. The van der Waals surface area contributed by atoms with E-state index in [-0.39, 0.29) is 0 Å². The number of likely N-dealkylation sites (tertiary alicyclic amines) is 1. The first-order valence-electron chi connectivity index (χ1n) is 6.47. The van der Waals surface area contributed by atoms with E-state index in [9.17, 15) is 0 Å². The Hall–Kier alpha value is -0.340. The van der Waals surface area contributed by atoms with Gasteiger partial charge < -0.3 is 0 Å². The van der Waals surface area contributed by atoms with Crippen LogP contribution < -0.4 is 0 Å². The monoisotopic (exact) mass is 295 g/mol. The third-order valence-corrected chi connectivity index (χ3v) is 4.24. The van der Waals surface area contributed by atoms with Gasteiger partial charge in [-0.05, 0) is 63.8 Å². The van der Waals surface area contributed by atoms with Crippen LogP contribution >= 0.6 is 15.9 Å². The predicted molar refractivity (Wildman–Crippen MR) is 77.4 cm³/mol. The van der Waals surface area contributed by atoms with E-state index < -0.39 is 0 Å². The van der Waals surface area contributed by atoms with Crippen molar-refractivity contribution >= 4 is 15.9 Å². The summed E-state index contributed by atoms with van der Waals surface area (Å²) in [7, 11) is 0. The fourth-order valence-electron chi connectivity index (χ4n) is 2.59. The van der Waals surface area contributed by atoms with Crippen molar-refractivity contribution in [2.45, 2.75) is 45.1 Å². The van der Waals surface area contributed by atoms with Gasteiger partial charge in [-0.25, -0.2) is 0 Å². The second kappa shape index (κ2) is 5.11. The van der Waals surface area contributed by atoms with Gasteiger partial charge in [0.1, 0.15) is 0 Å². The zero-order valence-corrected chi connectivity index (χ0v) is 12.6. The summed E-state index contributed by atoms with van der Waals surface area (Å²) < 4.78 is 1.17. The molecule has 1 aliphatic heterocycles. The molecule has 0 N–H and O–H groups in total. The van der Waals surface area contributed by atoms with E-state index in [1.807, 2.05) is 0 Å². The molecule has 94 valence electrons. The summed E-state index contributed by atoms with van der Waals surface area (Å²) in [5.41, 5.74) is 1.79. The summed E-state index contributed by atoms with van der Waals surface area (Å²) in [6.45, 7) is 9.40. The molecule has 1 aromatic rings. The van der Waals surface area contributed by atoms with E-state index in [4.69, 9.17) is 0 Å². The van der Waals surface area contributed by atoms with Crippen molar-refractivity contribution in [2.75, 3.05) is 13.1 Å². The maximum Gasteiger partial charge on any atom is 0.0175 e. The molecule has 2 rings (SSSR count). The zero-order chi connectivity index (χ0) is 12.5. The van der Waals surface area contributed by atoms with Crippen molar-refractivity contribution in [1.82, 2.24) is 4.90 Å². The minimum absolute atomic E-state index is 0.300. The van der Waals surface area contributed by atoms with E-state index in [1.165, 1.54) is 36.0 Å². The van der Waals surface area contributed by atoms with Gasteiger partial charge in [-0.15, -0.1) is 0 Å². The maximum atomic E-state index is 3.50. The maximum absolute atomic E-state index is 3.50. The van der Waals surface area contributed by atoms with Crippen molar-refractivity contribution in [1.29, 1.82) is 0 Å². The summed E-state index contributed by atoms with van der Waals surface area (Å²) in [5.74, 6) is 0.705. The normalized spacial score (nSPS) is 22.7. The molecule has 1 nitrogen and oxygen atoms in total.